The molecule has 10 aromatic rings. The number of para-hydroxylation sites is 4. The number of benzene rings is 8. The fourth-order valence-corrected chi connectivity index (χ4v) is 7.50. The van der Waals surface area contributed by atoms with Gasteiger partial charge in [-0.15, -0.1) is 0 Å². The Morgan fingerprint density at radius 1 is 0.407 bits per heavy atom. The van der Waals surface area contributed by atoms with Crippen LogP contribution in [0.3, 0.4) is 0 Å². The van der Waals surface area contributed by atoms with E-state index in [0.29, 0.717) is 13.2 Å². The van der Waals surface area contributed by atoms with Crippen LogP contribution >= 0.6 is 0 Å². The third-order valence-electron chi connectivity index (χ3n) is 10.1. The predicted octanol–water partition coefficient (Wildman–Crippen LogP) is 11.5. The maximum Gasteiger partial charge on any atom is 0.128 e. The Bertz CT molecular complexity index is 2770. The average Bonchev–Trinajstić information content (AvgIpc) is 3.87. The van der Waals surface area contributed by atoms with Gasteiger partial charge in [-0.05, 0) is 93.3 Å². The maximum atomic E-state index is 6.82. The van der Waals surface area contributed by atoms with Crippen molar-refractivity contribution in [2.45, 2.75) is 13.2 Å². The molecule has 258 valence electrons. The molecule has 8 aromatic carbocycles. The lowest BCUT2D eigenvalue weighted by Crippen LogP contribution is -2.02. The number of nitrogens with zero attached hydrogens (tertiary/aromatic N) is 4. The molecule has 10 rings (SSSR count). The van der Waals surface area contributed by atoms with Crippen LogP contribution < -0.4 is 9.47 Å². The van der Waals surface area contributed by atoms with Crippen LogP contribution in [0.5, 0.6) is 11.5 Å². The highest BCUT2D eigenvalue weighted by atomic mass is 16.5. The van der Waals surface area contributed by atoms with Crippen molar-refractivity contribution in [2.24, 2.45) is 0 Å². The van der Waals surface area contributed by atoms with Crippen LogP contribution in [0.4, 0.5) is 0 Å². The summed E-state index contributed by atoms with van der Waals surface area (Å²) >= 11 is 0. The van der Waals surface area contributed by atoms with Crippen LogP contribution in [0.15, 0.2) is 183 Å². The van der Waals surface area contributed by atoms with Crippen molar-refractivity contribution in [1.29, 1.82) is 0 Å². The van der Waals surface area contributed by atoms with E-state index in [2.05, 4.69) is 153 Å². The summed E-state index contributed by atoms with van der Waals surface area (Å²) in [4.78, 5) is 9.21. The first-order valence-corrected chi connectivity index (χ1v) is 18.1. The zero-order chi connectivity index (χ0) is 35.8. The normalized spacial score (nSPS) is 11.5. The standard InChI is InChI=1S/C48H34N4O2/c1-3-17-39-35(13-1)23-25-45(53-29-33-11-9-15-37(27-33)51-31-49-41-19-5-7-21-43(41)51)47(39)48-40-18-4-2-14-36(40)24-26-46(48)54-30-34-12-10-16-38(28-34)52-32-50-42-20-6-8-22-44(42)52/h1-28,31-32H,29-30H2. The van der Waals surface area contributed by atoms with Gasteiger partial charge in [-0.1, -0.05) is 109 Å². The Morgan fingerprint density at radius 3 is 1.35 bits per heavy atom. The number of hydrogen-bond acceptors (Lipinski definition) is 4. The minimum Gasteiger partial charge on any atom is -0.488 e. The molecule has 6 nitrogen and oxygen atoms in total. The molecule has 0 amide bonds. The summed E-state index contributed by atoms with van der Waals surface area (Å²) in [6, 6.07) is 58.7. The lowest BCUT2D eigenvalue weighted by molar-refractivity contribution is 0.303. The molecule has 0 unspecified atom stereocenters. The van der Waals surface area contributed by atoms with Gasteiger partial charge in [0.15, 0.2) is 0 Å². The molecular formula is C48H34N4O2. The molecule has 0 radical (unpaired) electrons. The summed E-state index contributed by atoms with van der Waals surface area (Å²) < 4.78 is 17.9. The minimum atomic E-state index is 0.391. The second-order valence-electron chi connectivity index (χ2n) is 13.4. The van der Waals surface area contributed by atoms with Gasteiger partial charge in [0.1, 0.15) is 37.4 Å². The average molecular weight is 699 g/mol. The van der Waals surface area contributed by atoms with Gasteiger partial charge in [0.2, 0.25) is 0 Å². The van der Waals surface area contributed by atoms with Crippen LogP contribution in [-0.4, -0.2) is 19.1 Å². The number of ether oxygens (including phenoxy) is 2. The molecule has 6 heteroatoms. The maximum absolute atomic E-state index is 6.82. The monoisotopic (exact) mass is 698 g/mol. The molecule has 2 aromatic heterocycles. The van der Waals surface area contributed by atoms with Crippen LogP contribution in [-0.2, 0) is 13.2 Å². The van der Waals surface area contributed by atoms with Crippen molar-refractivity contribution >= 4 is 43.6 Å². The summed E-state index contributed by atoms with van der Waals surface area (Å²) in [5.74, 6) is 1.59. The number of fused-ring (bicyclic) bond motifs is 4. The first-order valence-electron chi connectivity index (χ1n) is 18.1. The second kappa shape index (κ2) is 13.4. The van der Waals surface area contributed by atoms with E-state index >= 15 is 0 Å². The summed E-state index contributed by atoms with van der Waals surface area (Å²) in [7, 11) is 0. The Balaban J connectivity index is 1.03. The zero-order valence-electron chi connectivity index (χ0n) is 29.3. The molecule has 0 N–H and O–H groups in total. The van der Waals surface area contributed by atoms with Crippen molar-refractivity contribution in [3.05, 3.63) is 194 Å². The summed E-state index contributed by atoms with van der Waals surface area (Å²) in [5.41, 5.74) is 10.3. The van der Waals surface area contributed by atoms with Gasteiger partial charge >= 0.3 is 0 Å². The van der Waals surface area contributed by atoms with E-state index in [1.54, 1.807) is 0 Å². The van der Waals surface area contributed by atoms with Gasteiger partial charge in [-0.25, -0.2) is 9.97 Å². The smallest absolute Gasteiger partial charge is 0.128 e. The molecule has 0 saturated carbocycles. The third-order valence-corrected chi connectivity index (χ3v) is 10.1. The van der Waals surface area contributed by atoms with E-state index in [9.17, 15) is 0 Å². The Morgan fingerprint density at radius 2 is 0.852 bits per heavy atom. The van der Waals surface area contributed by atoms with Crippen LogP contribution in [0, 0.1) is 0 Å². The van der Waals surface area contributed by atoms with E-state index in [4.69, 9.17) is 9.47 Å². The van der Waals surface area contributed by atoms with Gasteiger partial charge in [0.05, 0.1) is 22.1 Å². The summed E-state index contributed by atoms with van der Waals surface area (Å²) in [5, 5.41) is 4.47. The molecule has 0 fully saturated rings. The molecule has 0 spiro atoms. The predicted molar refractivity (Wildman–Crippen MR) is 218 cm³/mol. The lowest BCUT2D eigenvalue weighted by atomic mass is 9.92. The van der Waals surface area contributed by atoms with E-state index in [1.807, 2.05) is 49.1 Å². The highest BCUT2D eigenvalue weighted by molar-refractivity contribution is 6.09. The Labute approximate surface area is 312 Å². The zero-order valence-corrected chi connectivity index (χ0v) is 29.3. The minimum absolute atomic E-state index is 0.391. The molecule has 0 bridgehead atoms. The van der Waals surface area contributed by atoms with Crippen molar-refractivity contribution < 1.29 is 9.47 Å². The Kier molecular flexibility index (Phi) is 7.84. The largest absolute Gasteiger partial charge is 0.488 e. The van der Waals surface area contributed by atoms with E-state index in [0.717, 1.165) is 88.7 Å². The molecule has 0 saturated heterocycles. The molecule has 0 aliphatic heterocycles. The van der Waals surface area contributed by atoms with Crippen molar-refractivity contribution in [3.63, 3.8) is 0 Å². The number of aromatic nitrogens is 4. The van der Waals surface area contributed by atoms with E-state index < -0.39 is 0 Å². The topological polar surface area (TPSA) is 54.1 Å². The first-order chi connectivity index (χ1) is 26.8. The molecule has 0 aliphatic rings. The third kappa shape index (κ3) is 5.71. The fraction of sp³-hybridized carbons (Fsp3) is 0.0417. The number of hydrogen-bond donors (Lipinski definition) is 0. The number of rotatable bonds is 9. The quantitative estimate of drug-likeness (QED) is 0.151. The second-order valence-corrected chi connectivity index (χ2v) is 13.4. The Hall–Kier alpha value is -7.18. The van der Waals surface area contributed by atoms with Gasteiger partial charge in [-0.3, -0.25) is 9.13 Å². The lowest BCUT2D eigenvalue weighted by Gasteiger charge is -2.20. The molecule has 2 heterocycles. The van der Waals surface area contributed by atoms with Gasteiger partial charge in [0, 0.05) is 22.5 Å². The van der Waals surface area contributed by atoms with Gasteiger partial charge < -0.3 is 9.47 Å². The first kappa shape index (κ1) is 31.5. The SMILES string of the molecule is c1cc(COc2ccc3ccccc3c2-c2c(OCc3cccc(-n4cnc5ccccc54)c3)ccc3ccccc23)cc(-n2cnc3ccccc32)c1. The molecule has 0 atom stereocenters. The van der Waals surface area contributed by atoms with Gasteiger partial charge in [-0.2, -0.15) is 0 Å². The molecular weight excluding hydrogens is 665 g/mol. The molecule has 0 aliphatic carbocycles. The van der Waals surface area contributed by atoms with Crippen LogP contribution in [0.1, 0.15) is 11.1 Å². The van der Waals surface area contributed by atoms with Crippen molar-refractivity contribution in [1.82, 2.24) is 19.1 Å². The highest BCUT2D eigenvalue weighted by Crippen LogP contribution is 2.46. The molecule has 54 heavy (non-hydrogen) atoms. The highest BCUT2D eigenvalue weighted by Gasteiger charge is 2.20. The van der Waals surface area contributed by atoms with Crippen LogP contribution in [0.2, 0.25) is 0 Å². The van der Waals surface area contributed by atoms with E-state index in [1.165, 1.54) is 0 Å². The number of imidazole rings is 2. The van der Waals surface area contributed by atoms with Crippen molar-refractivity contribution in [2.75, 3.05) is 0 Å². The summed E-state index contributed by atoms with van der Waals surface area (Å²) in [6.07, 6.45) is 3.76. The van der Waals surface area contributed by atoms with Crippen LogP contribution in [0.25, 0.3) is 66.1 Å². The van der Waals surface area contributed by atoms with Crippen molar-refractivity contribution in [3.8, 4) is 34.0 Å². The fourth-order valence-electron chi connectivity index (χ4n) is 7.50. The summed E-state index contributed by atoms with van der Waals surface area (Å²) in [6.45, 7) is 0.783. The van der Waals surface area contributed by atoms with E-state index in [-0.39, 0.29) is 0 Å². The van der Waals surface area contributed by atoms with Gasteiger partial charge in [0.25, 0.3) is 0 Å².